The van der Waals surface area contributed by atoms with E-state index in [4.69, 9.17) is 21.1 Å². The first kappa shape index (κ1) is 23.3. The van der Waals surface area contributed by atoms with Crippen LogP contribution in [0.1, 0.15) is 43.7 Å². The molecule has 2 aromatic carbocycles. The van der Waals surface area contributed by atoms with E-state index in [0.717, 1.165) is 18.4 Å². The van der Waals surface area contributed by atoms with Gasteiger partial charge in [0.25, 0.3) is 5.91 Å². The van der Waals surface area contributed by atoms with Crippen molar-refractivity contribution in [2.45, 2.75) is 39.5 Å². The highest BCUT2D eigenvalue weighted by molar-refractivity contribution is 6.31. The van der Waals surface area contributed by atoms with Crippen molar-refractivity contribution in [2.75, 3.05) is 19.0 Å². The molecule has 0 fully saturated rings. The van der Waals surface area contributed by atoms with Crippen LogP contribution in [0.4, 0.5) is 5.69 Å². The quantitative estimate of drug-likeness (QED) is 0.280. The lowest BCUT2D eigenvalue weighted by molar-refractivity contribution is -0.112. The Hall–Kier alpha value is -2.97. The molecule has 0 aromatic heterocycles. The Morgan fingerprint density at radius 1 is 1.17 bits per heavy atom. The maximum atomic E-state index is 12.5. The lowest BCUT2D eigenvalue weighted by Crippen LogP contribution is -2.13. The van der Waals surface area contributed by atoms with Crippen LogP contribution in [0.5, 0.6) is 11.5 Å². The molecule has 0 saturated heterocycles. The molecule has 0 radical (unpaired) electrons. The zero-order valence-corrected chi connectivity index (χ0v) is 18.4. The summed E-state index contributed by atoms with van der Waals surface area (Å²) in [4.78, 5) is 12.5. The average Bonchev–Trinajstić information content (AvgIpc) is 2.74. The summed E-state index contributed by atoms with van der Waals surface area (Å²) in [5.74, 6) is 0.693. The van der Waals surface area contributed by atoms with Crippen molar-refractivity contribution >= 4 is 29.3 Å². The molecule has 2 rings (SSSR count). The molecular formula is C24H27ClN2O3. The Bertz CT molecular complexity index is 948. The van der Waals surface area contributed by atoms with Crippen LogP contribution in [-0.4, -0.2) is 19.6 Å². The summed E-state index contributed by atoms with van der Waals surface area (Å²) in [6, 6.07) is 12.5. The second-order valence-electron chi connectivity index (χ2n) is 6.91. The number of nitrogens with one attached hydrogen (secondary N) is 1. The minimum absolute atomic E-state index is 0.0259. The molecule has 0 unspecified atom stereocenters. The first-order valence-corrected chi connectivity index (χ1v) is 10.4. The Morgan fingerprint density at radius 2 is 1.97 bits per heavy atom. The number of rotatable bonds is 10. The third-order valence-electron chi connectivity index (χ3n) is 4.55. The van der Waals surface area contributed by atoms with Crippen LogP contribution < -0.4 is 14.8 Å². The SMILES string of the molecule is CCCCCCOc1ccc(/C=C(\C#N)C(=O)Nc2ccc(C)c(Cl)c2)cc1OC. The summed E-state index contributed by atoms with van der Waals surface area (Å²) in [6.45, 7) is 4.67. The fraction of sp³-hybridized carbons (Fsp3) is 0.333. The summed E-state index contributed by atoms with van der Waals surface area (Å²) in [5.41, 5.74) is 2.08. The molecule has 5 nitrogen and oxygen atoms in total. The maximum Gasteiger partial charge on any atom is 0.266 e. The van der Waals surface area contributed by atoms with E-state index in [2.05, 4.69) is 12.2 Å². The van der Waals surface area contributed by atoms with Crippen molar-refractivity contribution in [2.24, 2.45) is 0 Å². The number of carbonyl (C=O) groups excluding carboxylic acids is 1. The molecule has 158 valence electrons. The van der Waals surface area contributed by atoms with Gasteiger partial charge in [-0.2, -0.15) is 5.26 Å². The number of hydrogen-bond acceptors (Lipinski definition) is 4. The van der Waals surface area contributed by atoms with E-state index >= 15 is 0 Å². The van der Waals surface area contributed by atoms with Gasteiger partial charge in [-0.3, -0.25) is 4.79 Å². The zero-order valence-electron chi connectivity index (χ0n) is 17.6. The van der Waals surface area contributed by atoms with Crippen molar-refractivity contribution in [3.05, 3.63) is 58.1 Å². The van der Waals surface area contributed by atoms with Crippen molar-refractivity contribution < 1.29 is 14.3 Å². The topological polar surface area (TPSA) is 71.3 Å². The molecule has 0 heterocycles. The van der Waals surface area contributed by atoms with E-state index in [0.29, 0.717) is 34.4 Å². The molecule has 1 amide bonds. The summed E-state index contributed by atoms with van der Waals surface area (Å²) in [6.07, 6.45) is 6.00. The van der Waals surface area contributed by atoms with Crippen LogP contribution in [0.3, 0.4) is 0 Å². The zero-order chi connectivity index (χ0) is 21.9. The van der Waals surface area contributed by atoms with Gasteiger partial charge in [-0.05, 0) is 54.8 Å². The number of amides is 1. The van der Waals surface area contributed by atoms with Gasteiger partial charge in [0.2, 0.25) is 0 Å². The Kier molecular flexibility index (Phi) is 9.24. The lowest BCUT2D eigenvalue weighted by atomic mass is 10.1. The van der Waals surface area contributed by atoms with Gasteiger partial charge in [-0.25, -0.2) is 0 Å². The highest BCUT2D eigenvalue weighted by atomic mass is 35.5. The van der Waals surface area contributed by atoms with Crippen LogP contribution >= 0.6 is 11.6 Å². The first-order valence-electron chi connectivity index (χ1n) is 9.98. The van der Waals surface area contributed by atoms with Crippen molar-refractivity contribution in [1.82, 2.24) is 0 Å². The normalized spacial score (nSPS) is 11.0. The number of benzene rings is 2. The number of methoxy groups -OCH3 is 1. The maximum absolute atomic E-state index is 12.5. The van der Waals surface area contributed by atoms with Crippen LogP contribution in [-0.2, 0) is 4.79 Å². The van der Waals surface area contributed by atoms with Crippen molar-refractivity contribution in [3.63, 3.8) is 0 Å². The van der Waals surface area contributed by atoms with Gasteiger partial charge in [-0.1, -0.05) is 49.9 Å². The van der Waals surface area contributed by atoms with Gasteiger partial charge in [-0.15, -0.1) is 0 Å². The molecule has 1 N–H and O–H groups in total. The summed E-state index contributed by atoms with van der Waals surface area (Å²) in [5, 5.41) is 12.7. The number of nitrogens with zero attached hydrogens (tertiary/aromatic N) is 1. The van der Waals surface area contributed by atoms with E-state index in [1.54, 1.807) is 43.5 Å². The van der Waals surface area contributed by atoms with E-state index < -0.39 is 5.91 Å². The molecule has 6 heteroatoms. The Labute approximate surface area is 183 Å². The molecule has 0 aliphatic heterocycles. The standard InChI is InChI=1S/C24H27ClN2O3/c1-4-5-6-7-12-30-22-11-9-18(14-23(22)29-3)13-19(16-26)24(28)27-20-10-8-17(2)21(25)15-20/h8-11,13-15H,4-7,12H2,1-3H3,(H,27,28)/b19-13+. The van der Waals surface area contributed by atoms with Gasteiger partial charge >= 0.3 is 0 Å². The van der Waals surface area contributed by atoms with E-state index in [1.165, 1.54) is 18.9 Å². The molecule has 0 atom stereocenters. The second kappa shape index (κ2) is 11.9. The molecule has 0 aliphatic rings. The molecule has 0 spiro atoms. The first-order chi connectivity index (χ1) is 14.5. The van der Waals surface area contributed by atoms with Crippen molar-refractivity contribution in [1.29, 1.82) is 5.26 Å². The minimum atomic E-state index is -0.507. The van der Waals surface area contributed by atoms with Gasteiger partial charge < -0.3 is 14.8 Å². The largest absolute Gasteiger partial charge is 0.493 e. The monoisotopic (exact) mass is 426 g/mol. The van der Waals surface area contributed by atoms with Gasteiger partial charge in [0, 0.05) is 10.7 Å². The predicted octanol–water partition coefficient (Wildman–Crippen LogP) is 6.16. The Balaban J connectivity index is 2.11. The average molecular weight is 427 g/mol. The molecule has 0 bridgehead atoms. The van der Waals surface area contributed by atoms with Crippen LogP contribution in [0, 0.1) is 18.3 Å². The number of carbonyl (C=O) groups is 1. The van der Waals surface area contributed by atoms with Crippen LogP contribution in [0.25, 0.3) is 6.08 Å². The van der Waals surface area contributed by atoms with E-state index in [9.17, 15) is 10.1 Å². The van der Waals surface area contributed by atoms with Crippen LogP contribution in [0.15, 0.2) is 42.0 Å². The summed E-state index contributed by atoms with van der Waals surface area (Å²) >= 11 is 6.09. The van der Waals surface area contributed by atoms with Crippen LogP contribution in [0.2, 0.25) is 5.02 Å². The number of unbranched alkanes of at least 4 members (excludes halogenated alkanes) is 3. The highest BCUT2D eigenvalue weighted by Gasteiger charge is 2.12. The van der Waals surface area contributed by atoms with Crippen molar-refractivity contribution in [3.8, 4) is 17.6 Å². The molecular weight excluding hydrogens is 400 g/mol. The predicted molar refractivity (Wildman–Crippen MR) is 121 cm³/mol. The fourth-order valence-electron chi connectivity index (χ4n) is 2.79. The highest BCUT2D eigenvalue weighted by Crippen LogP contribution is 2.29. The second-order valence-corrected chi connectivity index (χ2v) is 7.31. The third kappa shape index (κ3) is 6.82. The number of nitriles is 1. The lowest BCUT2D eigenvalue weighted by Gasteiger charge is -2.11. The minimum Gasteiger partial charge on any atom is -0.493 e. The molecule has 0 saturated carbocycles. The number of anilines is 1. The smallest absolute Gasteiger partial charge is 0.266 e. The summed E-state index contributed by atoms with van der Waals surface area (Å²) < 4.78 is 11.2. The molecule has 30 heavy (non-hydrogen) atoms. The van der Waals surface area contributed by atoms with Gasteiger partial charge in [0.1, 0.15) is 11.6 Å². The van der Waals surface area contributed by atoms with Gasteiger partial charge in [0.05, 0.1) is 13.7 Å². The fourth-order valence-corrected chi connectivity index (χ4v) is 2.97. The third-order valence-corrected chi connectivity index (χ3v) is 4.96. The number of halogens is 1. The molecule has 0 aliphatic carbocycles. The summed E-state index contributed by atoms with van der Waals surface area (Å²) in [7, 11) is 1.56. The molecule has 2 aromatic rings. The number of hydrogen-bond donors (Lipinski definition) is 1. The van der Waals surface area contributed by atoms with Gasteiger partial charge in [0.15, 0.2) is 11.5 Å². The van der Waals surface area contributed by atoms with E-state index in [-0.39, 0.29) is 5.57 Å². The Morgan fingerprint density at radius 3 is 2.63 bits per heavy atom. The number of ether oxygens (including phenoxy) is 2. The van der Waals surface area contributed by atoms with E-state index in [1.807, 2.05) is 13.0 Å². The number of aryl methyl sites for hydroxylation is 1.